The first-order valence-corrected chi connectivity index (χ1v) is 6.94. The summed E-state index contributed by atoms with van der Waals surface area (Å²) in [6.07, 6.45) is 0.499. The molecule has 1 aromatic carbocycles. The highest BCUT2D eigenvalue weighted by atomic mass is 16.5. The minimum atomic E-state index is -0.812. The molecule has 0 spiro atoms. The number of nitrogens with one attached hydrogen (secondary N) is 1. The molecule has 1 fully saturated rings. The van der Waals surface area contributed by atoms with E-state index in [1.54, 1.807) is 6.92 Å². The van der Waals surface area contributed by atoms with Crippen LogP contribution >= 0.6 is 0 Å². The molecular weight excluding hydrogens is 272 g/mol. The molecule has 1 atom stereocenters. The van der Waals surface area contributed by atoms with Crippen LogP contribution in [0.15, 0.2) is 30.3 Å². The van der Waals surface area contributed by atoms with Crippen LogP contribution in [0.5, 0.6) is 0 Å². The summed E-state index contributed by atoms with van der Waals surface area (Å²) in [5.74, 6) is -0.878. The third-order valence-corrected chi connectivity index (χ3v) is 3.28. The van der Waals surface area contributed by atoms with Crippen molar-refractivity contribution in [3.05, 3.63) is 35.9 Å². The Morgan fingerprint density at radius 2 is 2.05 bits per heavy atom. The zero-order valence-electron chi connectivity index (χ0n) is 11.9. The number of hydrogen-bond donors (Lipinski definition) is 1. The van der Waals surface area contributed by atoms with Gasteiger partial charge >= 0.3 is 12.0 Å². The Kier molecular flexibility index (Phi) is 4.92. The molecule has 1 aliphatic rings. The molecule has 112 valence electrons. The molecule has 1 saturated heterocycles. The van der Waals surface area contributed by atoms with Crippen molar-refractivity contribution in [2.45, 2.75) is 32.4 Å². The van der Waals surface area contributed by atoms with Gasteiger partial charge in [-0.2, -0.15) is 0 Å². The Balaban J connectivity index is 1.98. The predicted octanol–water partition coefficient (Wildman–Crippen LogP) is 1.45. The topological polar surface area (TPSA) is 75.7 Å². The average Bonchev–Trinajstić information content (AvgIpc) is 2.88. The first-order valence-electron chi connectivity index (χ1n) is 6.94. The Hall–Kier alpha value is -2.37. The van der Waals surface area contributed by atoms with Crippen molar-refractivity contribution in [1.29, 1.82) is 0 Å². The lowest BCUT2D eigenvalue weighted by Crippen LogP contribution is -2.48. The van der Waals surface area contributed by atoms with Gasteiger partial charge in [-0.15, -0.1) is 0 Å². The van der Waals surface area contributed by atoms with E-state index in [-0.39, 0.29) is 18.9 Å². The van der Waals surface area contributed by atoms with Gasteiger partial charge in [-0.05, 0) is 18.9 Å². The number of hydrogen-bond acceptors (Lipinski definition) is 4. The third-order valence-electron chi connectivity index (χ3n) is 3.28. The molecule has 2 rings (SSSR count). The minimum absolute atomic E-state index is 0.183. The summed E-state index contributed by atoms with van der Waals surface area (Å²) in [5, 5.41) is 2.66. The fourth-order valence-electron chi connectivity index (χ4n) is 2.26. The molecule has 1 aliphatic heterocycles. The number of urea groups is 1. The first-order chi connectivity index (χ1) is 10.1. The van der Waals surface area contributed by atoms with E-state index in [1.165, 1.54) is 0 Å². The number of likely N-dealkylation sites (tertiary alicyclic amines) is 1. The van der Waals surface area contributed by atoms with E-state index in [0.717, 1.165) is 10.5 Å². The zero-order chi connectivity index (χ0) is 15.2. The molecule has 6 nitrogen and oxygen atoms in total. The number of nitrogens with zero attached hydrogens (tertiary/aromatic N) is 1. The van der Waals surface area contributed by atoms with Gasteiger partial charge in [0.2, 0.25) is 5.91 Å². The average molecular weight is 290 g/mol. The summed E-state index contributed by atoms with van der Waals surface area (Å²) < 4.78 is 4.90. The van der Waals surface area contributed by atoms with Crippen molar-refractivity contribution < 1.29 is 19.1 Å². The van der Waals surface area contributed by atoms with E-state index < -0.39 is 18.0 Å². The summed E-state index contributed by atoms with van der Waals surface area (Å²) in [6, 6.07) is 7.98. The fraction of sp³-hybridized carbons (Fsp3) is 0.400. The van der Waals surface area contributed by atoms with Crippen LogP contribution < -0.4 is 5.32 Å². The predicted molar refractivity (Wildman–Crippen MR) is 75.2 cm³/mol. The van der Waals surface area contributed by atoms with Gasteiger partial charge in [0, 0.05) is 13.0 Å². The molecule has 3 amide bonds. The lowest BCUT2D eigenvalue weighted by molar-refractivity contribution is -0.149. The first kappa shape index (κ1) is 15.0. The van der Waals surface area contributed by atoms with Crippen molar-refractivity contribution in [3.63, 3.8) is 0 Å². The maximum Gasteiger partial charge on any atom is 0.329 e. The van der Waals surface area contributed by atoms with E-state index in [2.05, 4.69) is 5.32 Å². The Bertz CT molecular complexity index is 530. The van der Waals surface area contributed by atoms with Crippen LogP contribution in [0.25, 0.3) is 0 Å². The SMILES string of the molecule is CCOC(=O)[C@@H]1CCC(=O)N1C(=O)NCc1ccccc1. The number of benzene rings is 1. The quantitative estimate of drug-likeness (QED) is 0.852. The molecule has 0 saturated carbocycles. The van der Waals surface area contributed by atoms with Crippen LogP contribution in [0.3, 0.4) is 0 Å². The van der Waals surface area contributed by atoms with Gasteiger partial charge < -0.3 is 10.1 Å². The number of amides is 3. The van der Waals surface area contributed by atoms with Crippen LogP contribution in [0.2, 0.25) is 0 Å². The van der Waals surface area contributed by atoms with Crippen LogP contribution in [0, 0.1) is 0 Å². The second kappa shape index (κ2) is 6.88. The van der Waals surface area contributed by atoms with Gasteiger partial charge in [-0.3, -0.25) is 4.79 Å². The normalized spacial score (nSPS) is 17.7. The van der Waals surface area contributed by atoms with Gasteiger partial charge in [-0.25, -0.2) is 14.5 Å². The number of rotatable bonds is 4. The number of esters is 1. The van der Waals surface area contributed by atoms with Gasteiger partial charge in [-0.1, -0.05) is 30.3 Å². The highest BCUT2D eigenvalue weighted by Crippen LogP contribution is 2.20. The molecule has 6 heteroatoms. The highest BCUT2D eigenvalue weighted by molar-refractivity contribution is 6.01. The largest absolute Gasteiger partial charge is 0.464 e. The second-order valence-electron chi connectivity index (χ2n) is 4.71. The fourth-order valence-corrected chi connectivity index (χ4v) is 2.26. The maximum absolute atomic E-state index is 12.1. The lowest BCUT2D eigenvalue weighted by atomic mass is 10.2. The van der Waals surface area contributed by atoms with Crippen molar-refractivity contribution >= 4 is 17.9 Å². The van der Waals surface area contributed by atoms with Gasteiger partial charge in [0.05, 0.1) is 6.61 Å². The van der Waals surface area contributed by atoms with Crippen molar-refractivity contribution in [2.24, 2.45) is 0 Å². The van der Waals surface area contributed by atoms with Gasteiger partial charge in [0.15, 0.2) is 0 Å². The van der Waals surface area contributed by atoms with E-state index in [4.69, 9.17) is 4.74 Å². The molecule has 0 unspecified atom stereocenters. The Morgan fingerprint density at radius 3 is 2.71 bits per heavy atom. The van der Waals surface area contributed by atoms with E-state index in [1.807, 2.05) is 30.3 Å². The van der Waals surface area contributed by atoms with Gasteiger partial charge in [0.25, 0.3) is 0 Å². The van der Waals surface area contributed by atoms with Crippen molar-refractivity contribution in [2.75, 3.05) is 6.61 Å². The summed E-state index contributed by atoms with van der Waals surface area (Å²) in [7, 11) is 0. The molecular formula is C15H18N2O4. The van der Waals surface area contributed by atoms with E-state index in [9.17, 15) is 14.4 Å². The van der Waals surface area contributed by atoms with Gasteiger partial charge in [0.1, 0.15) is 6.04 Å². The molecule has 21 heavy (non-hydrogen) atoms. The lowest BCUT2D eigenvalue weighted by Gasteiger charge is -2.21. The van der Waals surface area contributed by atoms with Crippen molar-refractivity contribution in [1.82, 2.24) is 10.2 Å². The molecule has 0 bridgehead atoms. The van der Waals surface area contributed by atoms with Crippen molar-refractivity contribution in [3.8, 4) is 0 Å². The standard InChI is InChI=1S/C15H18N2O4/c1-2-21-14(19)12-8-9-13(18)17(12)15(20)16-10-11-6-4-3-5-7-11/h3-7,12H,2,8-10H2,1H3,(H,16,20)/t12-/m0/s1. The summed E-state index contributed by atoms with van der Waals surface area (Å²) in [4.78, 5) is 36.7. The van der Waals surface area contributed by atoms with E-state index >= 15 is 0 Å². The maximum atomic E-state index is 12.1. The number of imide groups is 1. The van der Waals surface area contributed by atoms with Crippen LogP contribution in [0.4, 0.5) is 4.79 Å². The number of ether oxygens (including phenoxy) is 1. The molecule has 1 aromatic rings. The number of carbonyl (C=O) groups excluding carboxylic acids is 3. The minimum Gasteiger partial charge on any atom is -0.464 e. The molecule has 0 aromatic heterocycles. The van der Waals surface area contributed by atoms with Crippen LogP contribution in [-0.2, 0) is 20.9 Å². The van der Waals surface area contributed by atoms with Crippen LogP contribution in [0.1, 0.15) is 25.3 Å². The second-order valence-corrected chi connectivity index (χ2v) is 4.71. The highest BCUT2D eigenvalue weighted by Gasteiger charge is 2.41. The summed E-state index contributed by atoms with van der Waals surface area (Å²) in [5.41, 5.74) is 0.921. The monoisotopic (exact) mass is 290 g/mol. The van der Waals surface area contributed by atoms with Crippen LogP contribution in [-0.4, -0.2) is 35.5 Å². The smallest absolute Gasteiger partial charge is 0.329 e. The summed E-state index contributed by atoms with van der Waals surface area (Å²) >= 11 is 0. The van der Waals surface area contributed by atoms with E-state index in [0.29, 0.717) is 13.0 Å². The third kappa shape index (κ3) is 3.59. The Labute approximate surface area is 123 Å². The molecule has 0 radical (unpaired) electrons. The summed E-state index contributed by atoms with van der Waals surface area (Å²) in [6.45, 7) is 2.22. The number of carbonyl (C=O) groups is 3. The Morgan fingerprint density at radius 1 is 1.33 bits per heavy atom. The molecule has 1 N–H and O–H groups in total. The zero-order valence-corrected chi connectivity index (χ0v) is 11.9. The molecule has 1 heterocycles. The molecule has 0 aliphatic carbocycles.